The van der Waals surface area contributed by atoms with Crippen molar-refractivity contribution in [2.75, 3.05) is 0 Å². The van der Waals surface area contributed by atoms with Crippen molar-refractivity contribution >= 4 is 29.4 Å². The lowest BCUT2D eigenvalue weighted by Gasteiger charge is -2.02. The van der Waals surface area contributed by atoms with Crippen LogP contribution in [0.15, 0.2) is 18.2 Å². The van der Waals surface area contributed by atoms with Crippen LogP contribution in [-0.4, -0.2) is 11.3 Å². The number of carboxylic acid groups (broad SMARTS) is 1. The molecule has 0 unspecified atom stereocenters. The Balaban J connectivity index is 3.00. The van der Waals surface area contributed by atoms with Gasteiger partial charge in [0.15, 0.2) is 5.75 Å². The highest BCUT2D eigenvalue weighted by Crippen LogP contribution is 2.31. The van der Waals surface area contributed by atoms with Crippen LogP contribution in [0.3, 0.4) is 0 Å². The van der Waals surface area contributed by atoms with E-state index in [1.54, 1.807) is 12.1 Å². The normalized spacial score (nSPS) is 9.50. The Labute approximate surface area is 78.5 Å². The standard InChI is InChI=1S/C7H4Cl2O3/c8-4-2-1-3-5(6(4)9)12-7(10)11/h1-3H,(H,10,11). The summed E-state index contributed by atoms with van der Waals surface area (Å²) < 4.78 is 4.33. The third-order valence-corrected chi connectivity index (χ3v) is 1.91. The smallest absolute Gasteiger partial charge is 0.449 e. The molecule has 1 aromatic rings. The lowest BCUT2D eigenvalue weighted by atomic mass is 10.3. The van der Waals surface area contributed by atoms with Crippen molar-refractivity contribution in [3.05, 3.63) is 28.2 Å². The molecule has 0 fully saturated rings. The molecule has 0 saturated carbocycles. The van der Waals surface area contributed by atoms with Gasteiger partial charge in [0.25, 0.3) is 0 Å². The molecule has 0 aliphatic carbocycles. The van der Waals surface area contributed by atoms with E-state index in [4.69, 9.17) is 28.3 Å². The lowest BCUT2D eigenvalue weighted by Crippen LogP contribution is -2.03. The topological polar surface area (TPSA) is 46.5 Å². The van der Waals surface area contributed by atoms with Crippen LogP contribution in [0.2, 0.25) is 10.0 Å². The second kappa shape index (κ2) is 3.65. The van der Waals surface area contributed by atoms with Crippen LogP contribution >= 0.6 is 23.2 Å². The zero-order valence-electron chi connectivity index (χ0n) is 5.75. The number of hydrogen-bond acceptors (Lipinski definition) is 2. The molecular weight excluding hydrogens is 203 g/mol. The number of carbonyl (C=O) groups is 1. The highest BCUT2D eigenvalue weighted by Gasteiger charge is 2.08. The van der Waals surface area contributed by atoms with Gasteiger partial charge in [-0.2, -0.15) is 0 Å². The molecular formula is C7H4Cl2O3. The number of rotatable bonds is 1. The van der Waals surface area contributed by atoms with E-state index < -0.39 is 6.16 Å². The van der Waals surface area contributed by atoms with Crippen LogP contribution in [0.4, 0.5) is 4.79 Å². The first-order valence-electron chi connectivity index (χ1n) is 2.96. The summed E-state index contributed by atoms with van der Waals surface area (Å²) in [7, 11) is 0. The molecule has 0 saturated heterocycles. The number of ether oxygens (including phenoxy) is 1. The van der Waals surface area contributed by atoms with E-state index in [9.17, 15) is 4.79 Å². The molecule has 0 amide bonds. The van der Waals surface area contributed by atoms with E-state index in [1.807, 2.05) is 0 Å². The summed E-state index contributed by atoms with van der Waals surface area (Å²) >= 11 is 11.2. The van der Waals surface area contributed by atoms with Gasteiger partial charge in [-0.1, -0.05) is 29.3 Å². The third-order valence-electron chi connectivity index (χ3n) is 1.11. The van der Waals surface area contributed by atoms with Gasteiger partial charge in [0, 0.05) is 0 Å². The Morgan fingerprint density at radius 2 is 2.08 bits per heavy atom. The maximum Gasteiger partial charge on any atom is 0.511 e. The van der Waals surface area contributed by atoms with Gasteiger partial charge in [0.05, 0.1) is 5.02 Å². The summed E-state index contributed by atoms with van der Waals surface area (Å²) in [5, 5.41) is 8.62. The van der Waals surface area contributed by atoms with Gasteiger partial charge in [-0.3, -0.25) is 0 Å². The largest absolute Gasteiger partial charge is 0.511 e. The van der Waals surface area contributed by atoms with Crippen LogP contribution in [0.25, 0.3) is 0 Å². The molecule has 1 rings (SSSR count). The Morgan fingerprint density at radius 1 is 1.42 bits per heavy atom. The van der Waals surface area contributed by atoms with Crippen LogP contribution in [0.5, 0.6) is 5.75 Å². The molecule has 5 heteroatoms. The van der Waals surface area contributed by atoms with E-state index in [-0.39, 0.29) is 15.8 Å². The molecule has 64 valence electrons. The molecule has 0 aliphatic rings. The van der Waals surface area contributed by atoms with E-state index in [0.29, 0.717) is 0 Å². The summed E-state index contributed by atoms with van der Waals surface area (Å²) in [5.41, 5.74) is 0. The second-order valence-corrected chi connectivity index (χ2v) is 2.71. The van der Waals surface area contributed by atoms with Crippen molar-refractivity contribution in [3.63, 3.8) is 0 Å². The van der Waals surface area contributed by atoms with Crippen molar-refractivity contribution < 1.29 is 14.6 Å². The van der Waals surface area contributed by atoms with Crippen molar-refractivity contribution in [1.82, 2.24) is 0 Å². The first-order chi connectivity index (χ1) is 5.61. The monoisotopic (exact) mass is 206 g/mol. The fraction of sp³-hybridized carbons (Fsp3) is 0. The first-order valence-corrected chi connectivity index (χ1v) is 3.71. The lowest BCUT2D eigenvalue weighted by molar-refractivity contribution is 0.144. The summed E-state index contributed by atoms with van der Waals surface area (Å²) in [4.78, 5) is 10.1. The minimum atomic E-state index is -1.42. The molecule has 0 aliphatic heterocycles. The number of hydrogen-bond donors (Lipinski definition) is 1. The van der Waals surface area contributed by atoms with Crippen LogP contribution < -0.4 is 4.74 Å². The fourth-order valence-corrected chi connectivity index (χ4v) is 0.987. The molecule has 1 N–H and O–H groups in total. The third kappa shape index (κ3) is 2.03. The quantitative estimate of drug-likeness (QED) is 0.568. The van der Waals surface area contributed by atoms with Gasteiger partial charge in [-0.25, -0.2) is 4.79 Å². The minimum absolute atomic E-state index is 0.0386. The molecule has 0 heterocycles. The molecule has 0 aromatic heterocycles. The Bertz CT molecular complexity index is 312. The van der Waals surface area contributed by atoms with Gasteiger partial charge < -0.3 is 9.84 Å². The highest BCUT2D eigenvalue weighted by molar-refractivity contribution is 6.42. The first kappa shape index (κ1) is 9.16. The minimum Gasteiger partial charge on any atom is -0.449 e. The summed E-state index contributed by atoms with van der Waals surface area (Å²) in [5.74, 6) is 0.0386. The summed E-state index contributed by atoms with van der Waals surface area (Å²) in [6.07, 6.45) is -1.42. The predicted molar refractivity (Wildman–Crippen MR) is 45.1 cm³/mol. The highest BCUT2D eigenvalue weighted by atomic mass is 35.5. The van der Waals surface area contributed by atoms with Crippen molar-refractivity contribution in [2.24, 2.45) is 0 Å². The van der Waals surface area contributed by atoms with E-state index >= 15 is 0 Å². The van der Waals surface area contributed by atoms with Gasteiger partial charge >= 0.3 is 6.16 Å². The van der Waals surface area contributed by atoms with E-state index in [0.717, 1.165) is 0 Å². The summed E-state index contributed by atoms with van der Waals surface area (Å²) in [6, 6.07) is 4.51. The van der Waals surface area contributed by atoms with Gasteiger partial charge in [-0.15, -0.1) is 0 Å². The van der Waals surface area contributed by atoms with Gasteiger partial charge in [0.2, 0.25) is 0 Å². The zero-order chi connectivity index (χ0) is 9.14. The average Bonchev–Trinajstić information content (AvgIpc) is 1.98. The fourth-order valence-electron chi connectivity index (χ4n) is 0.657. The average molecular weight is 207 g/mol. The SMILES string of the molecule is O=C(O)Oc1cccc(Cl)c1Cl. The van der Waals surface area contributed by atoms with Crippen LogP contribution in [-0.2, 0) is 0 Å². The maximum atomic E-state index is 10.1. The Morgan fingerprint density at radius 3 is 2.67 bits per heavy atom. The molecule has 12 heavy (non-hydrogen) atoms. The molecule has 1 aromatic carbocycles. The molecule has 0 bridgehead atoms. The van der Waals surface area contributed by atoms with E-state index in [1.165, 1.54) is 6.07 Å². The zero-order valence-corrected chi connectivity index (χ0v) is 7.26. The van der Waals surface area contributed by atoms with Crippen molar-refractivity contribution in [1.29, 1.82) is 0 Å². The molecule has 0 radical (unpaired) electrons. The Kier molecular flexibility index (Phi) is 2.78. The molecule has 0 atom stereocenters. The molecule has 0 spiro atoms. The summed E-state index contributed by atoms with van der Waals surface area (Å²) in [6.45, 7) is 0. The van der Waals surface area contributed by atoms with Crippen LogP contribution in [0.1, 0.15) is 0 Å². The van der Waals surface area contributed by atoms with Gasteiger partial charge in [0.1, 0.15) is 5.02 Å². The Hall–Kier alpha value is -0.930. The van der Waals surface area contributed by atoms with Crippen molar-refractivity contribution in [3.8, 4) is 5.75 Å². The maximum absolute atomic E-state index is 10.1. The number of halogens is 2. The second-order valence-electron chi connectivity index (χ2n) is 1.92. The van der Waals surface area contributed by atoms with E-state index in [2.05, 4.69) is 4.74 Å². The molecule has 3 nitrogen and oxygen atoms in total. The van der Waals surface area contributed by atoms with Crippen molar-refractivity contribution in [2.45, 2.75) is 0 Å². The number of benzene rings is 1. The van der Waals surface area contributed by atoms with Gasteiger partial charge in [-0.05, 0) is 12.1 Å². The predicted octanol–water partition coefficient (Wildman–Crippen LogP) is 3.05. The van der Waals surface area contributed by atoms with Crippen LogP contribution in [0, 0.1) is 0 Å².